The van der Waals surface area contributed by atoms with Crippen LogP contribution < -0.4 is 5.32 Å². The largest absolute Gasteiger partial charge is 0.480 e. The first-order chi connectivity index (χ1) is 8.69. The van der Waals surface area contributed by atoms with E-state index in [9.17, 15) is 9.90 Å². The topological polar surface area (TPSA) is 49.3 Å². The van der Waals surface area contributed by atoms with E-state index in [4.69, 9.17) is 0 Å². The third-order valence-electron chi connectivity index (χ3n) is 4.22. The molecule has 0 aromatic heterocycles. The van der Waals surface area contributed by atoms with Crippen LogP contribution in [0.1, 0.15) is 71.6 Å². The molecule has 0 saturated heterocycles. The van der Waals surface area contributed by atoms with E-state index >= 15 is 0 Å². The van der Waals surface area contributed by atoms with E-state index in [0.29, 0.717) is 12.0 Å². The molecule has 0 aliphatic heterocycles. The molecular formula is C15H29NO2. The molecule has 0 aromatic rings. The van der Waals surface area contributed by atoms with Gasteiger partial charge < -0.3 is 10.4 Å². The van der Waals surface area contributed by atoms with Gasteiger partial charge in [0.15, 0.2) is 0 Å². The lowest BCUT2D eigenvalue weighted by molar-refractivity contribution is -0.140. The van der Waals surface area contributed by atoms with Crippen LogP contribution in [0.4, 0.5) is 0 Å². The SMILES string of the molecule is CCCCC(NC(CC)C1CCCCC1)C(=O)O. The number of unbranched alkanes of at least 4 members (excludes halogenated alkanes) is 1. The van der Waals surface area contributed by atoms with Gasteiger partial charge in [0.25, 0.3) is 0 Å². The molecule has 0 heterocycles. The van der Waals surface area contributed by atoms with Crippen molar-refractivity contribution in [1.29, 1.82) is 0 Å². The lowest BCUT2D eigenvalue weighted by atomic mass is 9.82. The fourth-order valence-corrected chi connectivity index (χ4v) is 3.07. The van der Waals surface area contributed by atoms with Gasteiger partial charge in [0.1, 0.15) is 6.04 Å². The van der Waals surface area contributed by atoms with Gasteiger partial charge in [0.05, 0.1) is 0 Å². The van der Waals surface area contributed by atoms with E-state index in [1.807, 2.05) is 0 Å². The van der Waals surface area contributed by atoms with Crippen LogP contribution >= 0.6 is 0 Å². The number of hydrogen-bond acceptors (Lipinski definition) is 2. The minimum absolute atomic E-state index is 0.350. The number of carbonyl (C=O) groups is 1. The van der Waals surface area contributed by atoms with Gasteiger partial charge in [-0.15, -0.1) is 0 Å². The van der Waals surface area contributed by atoms with Crippen LogP contribution in [-0.4, -0.2) is 23.2 Å². The Labute approximate surface area is 111 Å². The summed E-state index contributed by atoms with van der Waals surface area (Å²) in [5, 5.41) is 12.7. The van der Waals surface area contributed by atoms with Crippen LogP contribution in [0.5, 0.6) is 0 Å². The molecule has 106 valence electrons. The average Bonchev–Trinajstić information content (AvgIpc) is 2.39. The summed E-state index contributed by atoms with van der Waals surface area (Å²) < 4.78 is 0. The molecule has 0 spiro atoms. The molecule has 0 bridgehead atoms. The Balaban J connectivity index is 2.49. The minimum Gasteiger partial charge on any atom is -0.480 e. The van der Waals surface area contributed by atoms with Crippen molar-refractivity contribution in [2.45, 2.75) is 83.7 Å². The van der Waals surface area contributed by atoms with Gasteiger partial charge in [-0.25, -0.2) is 0 Å². The number of rotatable bonds is 8. The molecule has 2 atom stereocenters. The van der Waals surface area contributed by atoms with Crippen molar-refractivity contribution in [2.75, 3.05) is 0 Å². The van der Waals surface area contributed by atoms with Crippen molar-refractivity contribution in [1.82, 2.24) is 5.32 Å². The second-order valence-corrected chi connectivity index (χ2v) is 5.61. The summed E-state index contributed by atoms with van der Waals surface area (Å²) in [6.45, 7) is 4.28. The molecule has 2 unspecified atom stereocenters. The van der Waals surface area contributed by atoms with Gasteiger partial charge in [-0.05, 0) is 31.6 Å². The highest BCUT2D eigenvalue weighted by Crippen LogP contribution is 2.28. The molecule has 3 nitrogen and oxygen atoms in total. The maximum atomic E-state index is 11.3. The van der Waals surface area contributed by atoms with E-state index in [1.165, 1.54) is 32.1 Å². The molecule has 1 fully saturated rings. The van der Waals surface area contributed by atoms with Crippen LogP contribution in [-0.2, 0) is 4.79 Å². The number of carboxylic acids is 1. The van der Waals surface area contributed by atoms with Crippen molar-refractivity contribution >= 4 is 5.97 Å². The van der Waals surface area contributed by atoms with E-state index in [0.717, 1.165) is 25.7 Å². The van der Waals surface area contributed by atoms with Gasteiger partial charge in [-0.1, -0.05) is 46.0 Å². The highest BCUT2D eigenvalue weighted by Gasteiger charge is 2.26. The number of hydrogen-bond donors (Lipinski definition) is 2. The zero-order valence-electron chi connectivity index (χ0n) is 12.0. The number of nitrogens with one attached hydrogen (secondary N) is 1. The molecule has 0 amide bonds. The van der Waals surface area contributed by atoms with Gasteiger partial charge >= 0.3 is 5.97 Å². The standard InChI is InChI=1S/C15H29NO2/c1-3-5-11-14(15(17)18)16-13(4-2)12-9-7-6-8-10-12/h12-14,16H,3-11H2,1-2H3,(H,17,18). The molecule has 1 aliphatic rings. The lowest BCUT2D eigenvalue weighted by Gasteiger charge is -2.32. The fraction of sp³-hybridized carbons (Fsp3) is 0.933. The van der Waals surface area contributed by atoms with Crippen LogP contribution in [0.3, 0.4) is 0 Å². The lowest BCUT2D eigenvalue weighted by Crippen LogP contribution is -2.46. The molecule has 18 heavy (non-hydrogen) atoms. The Morgan fingerprint density at radius 3 is 2.44 bits per heavy atom. The van der Waals surface area contributed by atoms with Gasteiger partial charge in [-0.3, -0.25) is 4.79 Å². The van der Waals surface area contributed by atoms with Crippen LogP contribution in [0.25, 0.3) is 0 Å². The Bertz CT molecular complexity index is 237. The maximum Gasteiger partial charge on any atom is 0.320 e. The average molecular weight is 255 g/mol. The molecule has 2 N–H and O–H groups in total. The third kappa shape index (κ3) is 4.97. The summed E-state index contributed by atoms with van der Waals surface area (Å²) in [6, 6.07) is 0.0417. The van der Waals surface area contributed by atoms with E-state index in [2.05, 4.69) is 19.2 Å². The first-order valence-corrected chi connectivity index (χ1v) is 7.67. The van der Waals surface area contributed by atoms with Crippen LogP contribution in [0.2, 0.25) is 0 Å². The smallest absolute Gasteiger partial charge is 0.320 e. The third-order valence-corrected chi connectivity index (χ3v) is 4.22. The van der Waals surface area contributed by atoms with E-state index in [1.54, 1.807) is 0 Å². The molecular weight excluding hydrogens is 226 g/mol. The zero-order chi connectivity index (χ0) is 13.4. The summed E-state index contributed by atoms with van der Waals surface area (Å²) in [4.78, 5) is 11.3. The van der Waals surface area contributed by atoms with Crippen molar-refractivity contribution in [2.24, 2.45) is 5.92 Å². The Hall–Kier alpha value is -0.570. The highest BCUT2D eigenvalue weighted by molar-refractivity contribution is 5.73. The molecule has 1 aliphatic carbocycles. The van der Waals surface area contributed by atoms with Crippen molar-refractivity contribution in [3.63, 3.8) is 0 Å². The minimum atomic E-state index is -0.683. The Morgan fingerprint density at radius 2 is 1.94 bits per heavy atom. The Kier molecular flexibility index (Phi) is 7.33. The van der Waals surface area contributed by atoms with E-state index in [-0.39, 0.29) is 6.04 Å². The van der Waals surface area contributed by atoms with Gasteiger partial charge in [0, 0.05) is 6.04 Å². The van der Waals surface area contributed by atoms with Gasteiger partial charge in [-0.2, -0.15) is 0 Å². The quantitative estimate of drug-likeness (QED) is 0.697. The molecule has 1 saturated carbocycles. The molecule has 3 heteroatoms. The fourth-order valence-electron chi connectivity index (χ4n) is 3.07. The zero-order valence-corrected chi connectivity index (χ0v) is 12.0. The molecule has 0 radical (unpaired) electrons. The van der Waals surface area contributed by atoms with Crippen molar-refractivity contribution < 1.29 is 9.90 Å². The number of carboxylic acid groups (broad SMARTS) is 1. The van der Waals surface area contributed by atoms with Crippen LogP contribution in [0.15, 0.2) is 0 Å². The summed E-state index contributed by atoms with van der Waals surface area (Å²) in [5.41, 5.74) is 0. The van der Waals surface area contributed by atoms with E-state index < -0.39 is 5.97 Å². The molecule has 1 rings (SSSR count). The predicted molar refractivity (Wildman–Crippen MR) is 74.7 cm³/mol. The van der Waals surface area contributed by atoms with Crippen molar-refractivity contribution in [3.05, 3.63) is 0 Å². The highest BCUT2D eigenvalue weighted by atomic mass is 16.4. The summed E-state index contributed by atoms with van der Waals surface area (Å²) in [6.07, 6.45) is 10.4. The first-order valence-electron chi connectivity index (χ1n) is 7.67. The summed E-state index contributed by atoms with van der Waals surface area (Å²) in [5.74, 6) is 0.00457. The van der Waals surface area contributed by atoms with Crippen LogP contribution in [0, 0.1) is 5.92 Å². The number of aliphatic carboxylic acids is 1. The second kappa shape index (κ2) is 8.52. The van der Waals surface area contributed by atoms with Gasteiger partial charge in [0.2, 0.25) is 0 Å². The Morgan fingerprint density at radius 1 is 1.28 bits per heavy atom. The summed E-state index contributed by atoms with van der Waals surface area (Å²) >= 11 is 0. The maximum absolute atomic E-state index is 11.3. The summed E-state index contributed by atoms with van der Waals surface area (Å²) in [7, 11) is 0. The van der Waals surface area contributed by atoms with Crippen molar-refractivity contribution in [3.8, 4) is 0 Å². The predicted octanol–water partition coefficient (Wildman–Crippen LogP) is 3.58. The monoisotopic (exact) mass is 255 g/mol. The second-order valence-electron chi connectivity index (χ2n) is 5.61. The first kappa shape index (κ1) is 15.5. The normalized spacial score (nSPS) is 20.6. The molecule has 0 aromatic carbocycles.